The number of ether oxygens (including phenoxy) is 1. The Morgan fingerprint density at radius 1 is 1.17 bits per heavy atom. The van der Waals surface area contributed by atoms with E-state index < -0.39 is 15.7 Å². The molecular weight excluding hydrogens is 320 g/mol. The Morgan fingerprint density at radius 2 is 1.70 bits per heavy atom. The van der Waals surface area contributed by atoms with Crippen molar-refractivity contribution in [2.45, 2.75) is 58.7 Å². The van der Waals surface area contributed by atoms with Crippen LogP contribution in [0, 0.1) is 0 Å². The lowest BCUT2D eigenvalue weighted by atomic mass is 10.1. The van der Waals surface area contributed by atoms with Crippen LogP contribution in [-0.4, -0.2) is 74.5 Å². The van der Waals surface area contributed by atoms with Gasteiger partial charge in [-0.2, -0.15) is 8.42 Å². The van der Waals surface area contributed by atoms with Crippen molar-refractivity contribution in [3.8, 4) is 0 Å². The number of carbonyl (C=O) groups is 1. The summed E-state index contributed by atoms with van der Waals surface area (Å²) in [4.78, 5) is 16.2. The van der Waals surface area contributed by atoms with Gasteiger partial charge in [-0.1, -0.05) is 0 Å². The average molecular weight is 350 g/mol. The summed E-state index contributed by atoms with van der Waals surface area (Å²) in [5.41, 5.74) is -0.496. The summed E-state index contributed by atoms with van der Waals surface area (Å²) in [5, 5.41) is 0. The van der Waals surface area contributed by atoms with Crippen molar-refractivity contribution in [3.63, 3.8) is 0 Å². The van der Waals surface area contributed by atoms with Crippen molar-refractivity contribution in [1.29, 1.82) is 0 Å². The molecule has 8 heteroatoms. The highest BCUT2D eigenvalue weighted by Gasteiger charge is 2.33. The minimum absolute atomic E-state index is 0.185. The third-order valence-electron chi connectivity index (χ3n) is 3.61. The fraction of sp³-hybridized carbons (Fsp3) is 0.933. The maximum Gasteiger partial charge on any atom is 0.410 e. The normalized spacial score (nSPS) is 23.8. The smallest absolute Gasteiger partial charge is 0.410 e. The Labute approximate surface area is 140 Å². The van der Waals surface area contributed by atoms with Crippen LogP contribution in [0.3, 0.4) is 0 Å². The van der Waals surface area contributed by atoms with Crippen molar-refractivity contribution in [2.24, 2.45) is 0 Å². The first-order chi connectivity index (χ1) is 10.4. The zero-order chi connectivity index (χ0) is 17.8. The van der Waals surface area contributed by atoms with E-state index in [2.05, 4.69) is 18.7 Å². The number of nitrogens with zero attached hydrogens (tertiary/aromatic N) is 2. The van der Waals surface area contributed by atoms with Crippen LogP contribution >= 0.6 is 0 Å². The Morgan fingerprint density at radius 3 is 2.13 bits per heavy atom. The van der Waals surface area contributed by atoms with Gasteiger partial charge >= 0.3 is 6.09 Å². The number of amides is 1. The van der Waals surface area contributed by atoms with Gasteiger partial charge in [-0.3, -0.25) is 9.08 Å². The maximum absolute atomic E-state index is 12.2. The van der Waals surface area contributed by atoms with E-state index in [-0.39, 0.29) is 24.8 Å². The van der Waals surface area contributed by atoms with Crippen LogP contribution in [-0.2, 0) is 19.0 Å². The molecule has 0 radical (unpaired) electrons. The zero-order valence-electron chi connectivity index (χ0n) is 15.0. The highest BCUT2D eigenvalue weighted by molar-refractivity contribution is 7.85. The van der Waals surface area contributed by atoms with E-state index in [1.165, 1.54) is 0 Å². The minimum atomic E-state index is -3.38. The van der Waals surface area contributed by atoms with Crippen molar-refractivity contribution in [2.75, 3.05) is 32.5 Å². The molecule has 2 atom stereocenters. The summed E-state index contributed by atoms with van der Waals surface area (Å²) >= 11 is 0. The topological polar surface area (TPSA) is 76.2 Å². The molecule has 1 aliphatic rings. The van der Waals surface area contributed by atoms with Crippen LogP contribution in [0.5, 0.6) is 0 Å². The second-order valence-corrected chi connectivity index (χ2v) is 8.84. The van der Waals surface area contributed by atoms with Crippen LogP contribution in [0.15, 0.2) is 0 Å². The molecule has 0 aliphatic carbocycles. The van der Waals surface area contributed by atoms with Gasteiger partial charge in [-0.15, -0.1) is 0 Å². The number of hydrogen-bond donors (Lipinski definition) is 0. The van der Waals surface area contributed by atoms with E-state index in [0.29, 0.717) is 19.5 Å². The summed E-state index contributed by atoms with van der Waals surface area (Å²) < 4.78 is 32.1. The van der Waals surface area contributed by atoms with Crippen LogP contribution in [0.4, 0.5) is 4.79 Å². The first-order valence-corrected chi connectivity index (χ1v) is 9.79. The van der Waals surface area contributed by atoms with E-state index >= 15 is 0 Å². The summed E-state index contributed by atoms with van der Waals surface area (Å²) in [6.07, 6.45) is 1.41. The van der Waals surface area contributed by atoms with E-state index in [4.69, 9.17) is 8.92 Å². The summed E-state index contributed by atoms with van der Waals surface area (Å²) in [5.74, 6) is 0. The van der Waals surface area contributed by atoms with Crippen molar-refractivity contribution >= 4 is 16.2 Å². The molecule has 1 aliphatic heterocycles. The monoisotopic (exact) mass is 350 g/mol. The van der Waals surface area contributed by atoms with Crippen molar-refractivity contribution < 1.29 is 22.1 Å². The van der Waals surface area contributed by atoms with Gasteiger partial charge in [-0.05, 0) is 41.0 Å². The number of piperazine rings is 1. The fourth-order valence-electron chi connectivity index (χ4n) is 2.73. The SMILES string of the molecule is CC1CN(C(=O)OC(C)(C)C)CC(C)N1CCCOS(C)(=O)=O. The first-order valence-electron chi connectivity index (χ1n) is 7.97. The molecule has 0 aromatic carbocycles. The van der Waals surface area contributed by atoms with Crippen LogP contribution in [0.25, 0.3) is 0 Å². The molecule has 0 N–H and O–H groups in total. The van der Waals surface area contributed by atoms with Gasteiger partial charge in [0.1, 0.15) is 5.60 Å². The van der Waals surface area contributed by atoms with Crippen LogP contribution in [0.1, 0.15) is 41.0 Å². The molecular formula is C15H30N2O5S. The Bertz CT molecular complexity index is 488. The summed E-state index contributed by atoms with van der Waals surface area (Å²) in [6.45, 7) is 11.8. The highest BCUT2D eigenvalue weighted by Crippen LogP contribution is 2.19. The molecule has 1 saturated heterocycles. The van der Waals surface area contributed by atoms with E-state index in [0.717, 1.165) is 12.8 Å². The van der Waals surface area contributed by atoms with Gasteiger partial charge in [0, 0.05) is 31.7 Å². The predicted octanol–water partition coefficient (Wildman–Crippen LogP) is 1.68. The number of carbonyl (C=O) groups excluding carboxylic acids is 1. The maximum atomic E-state index is 12.2. The first kappa shape index (κ1) is 20.2. The lowest BCUT2D eigenvalue weighted by molar-refractivity contribution is -0.00839. The number of hydrogen-bond acceptors (Lipinski definition) is 6. The van der Waals surface area contributed by atoms with Gasteiger partial charge in [0.05, 0.1) is 12.9 Å². The Kier molecular flexibility index (Phi) is 6.85. The molecule has 23 heavy (non-hydrogen) atoms. The molecule has 136 valence electrons. The largest absolute Gasteiger partial charge is 0.444 e. The second kappa shape index (κ2) is 7.81. The molecule has 1 fully saturated rings. The molecule has 1 amide bonds. The molecule has 0 aromatic heterocycles. The predicted molar refractivity (Wildman–Crippen MR) is 88.8 cm³/mol. The molecule has 1 heterocycles. The van der Waals surface area contributed by atoms with Crippen LogP contribution in [0.2, 0.25) is 0 Å². The lowest BCUT2D eigenvalue weighted by Crippen LogP contribution is -2.58. The molecule has 7 nitrogen and oxygen atoms in total. The van der Waals surface area contributed by atoms with E-state index in [1.54, 1.807) is 4.90 Å². The third-order valence-corrected chi connectivity index (χ3v) is 4.21. The van der Waals surface area contributed by atoms with Gasteiger partial charge < -0.3 is 9.64 Å². The van der Waals surface area contributed by atoms with E-state index in [9.17, 15) is 13.2 Å². The Balaban J connectivity index is 2.48. The second-order valence-electron chi connectivity index (χ2n) is 7.20. The van der Waals surface area contributed by atoms with Gasteiger partial charge in [0.15, 0.2) is 0 Å². The zero-order valence-corrected chi connectivity index (χ0v) is 15.9. The molecule has 1 rings (SSSR count). The van der Waals surface area contributed by atoms with Gasteiger partial charge in [0.25, 0.3) is 10.1 Å². The third kappa shape index (κ3) is 7.50. The summed E-state index contributed by atoms with van der Waals surface area (Å²) in [6, 6.07) is 0.369. The van der Waals surface area contributed by atoms with Gasteiger partial charge in [0.2, 0.25) is 0 Å². The molecule has 0 saturated carbocycles. The number of rotatable bonds is 5. The van der Waals surface area contributed by atoms with Crippen molar-refractivity contribution in [1.82, 2.24) is 9.80 Å². The molecule has 0 bridgehead atoms. The lowest BCUT2D eigenvalue weighted by Gasteiger charge is -2.44. The standard InChI is InChI=1S/C15H30N2O5S/c1-12-10-16(14(18)22-15(3,4)5)11-13(2)17(12)8-7-9-21-23(6,19)20/h12-13H,7-11H2,1-6H3. The Hall–Kier alpha value is -0.860. The highest BCUT2D eigenvalue weighted by atomic mass is 32.2. The quantitative estimate of drug-likeness (QED) is 0.555. The minimum Gasteiger partial charge on any atom is -0.444 e. The molecule has 0 spiro atoms. The fourth-order valence-corrected chi connectivity index (χ4v) is 3.15. The molecule has 0 aromatic rings. The molecule has 2 unspecified atom stereocenters. The summed E-state index contributed by atoms with van der Waals surface area (Å²) in [7, 11) is -3.38. The van der Waals surface area contributed by atoms with Gasteiger partial charge in [-0.25, -0.2) is 4.79 Å². The van der Waals surface area contributed by atoms with Crippen LogP contribution < -0.4 is 0 Å². The van der Waals surface area contributed by atoms with E-state index in [1.807, 2.05) is 20.8 Å². The average Bonchev–Trinajstić information content (AvgIpc) is 2.33. The van der Waals surface area contributed by atoms with Crippen molar-refractivity contribution in [3.05, 3.63) is 0 Å².